The van der Waals surface area contributed by atoms with Crippen molar-refractivity contribution >= 4 is 30.7 Å². The number of amides is 1. The van der Waals surface area contributed by atoms with Crippen LogP contribution >= 0.6 is 24.8 Å². The number of carbonyl (C=O) groups excluding carboxylic acids is 1. The summed E-state index contributed by atoms with van der Waals surface area (Å²) in [5, 5.41) is 2.88. The lowest BCUT2D eigenvalue weighted by molar-refractivity contribution is 0.0953. The summed E-state index contributed by atoms with van der Waals surface area (Å²) < 4.78 is 16.8. The van der Waals surface area contributed by atoms with Crippen LogP contribution in [-0.2, 0) is 13.0 Å². The Bertz CT molecular complexity index is 968. The number of aromatic nitrogens is 2. The quantitative estimate of drug-likeness (QED) is 0.443. The highest BCUT2D eigenvalue weighted by atomic mass is 35.5. The number of methoxy groups -OCH3 is 2. The van der Waals surface area contributed by atoms with Crippen molar-refractivity contribution in [2.75, 3.05) is 20.8 Å². The van der Waals surface area contributed by atoms with Gasteiger partial charge in [0.15, 0.2) is 11.5 Å². The van der Waals surface area contributed by atoms with Crippen LogP contribution in [0.3, 0.4) is 0 Å². The molecule has 31 heavy (non-hydrogen) atoms. The van der Waals surface area contributed by atoms with Gasteiger partial charge in [0.25, 0.3) is 5.91 Å². The summed E-state index contributed by atoms with van der Waals surface area (Å²) in [7, 11) is 3.12. The fourth-order valence-electron chi connectivity index (χ4n) is 2.88. The zero-order valence-corrected chi connectivity index (χ0v) is 18.8. The molecule has 0 aliphatic carbocycles. The van der Waals surface area contributed by atoms with Gasteiger partial charge in [0, 0.05) is 37.0 Å². The third-order valence-corrected chi connectivity index (χ3v) is 4.39. The summed E-state index contributed by atoms with van der Waals surface area (Å²) in [6.07, 6.45) is 4.00. The molecule has 3 rings (SSSR count). The Morgan fingerprint density at radius 1 is 1.06 bits per heavy atom. The minimum atomic E-state index is -0.207. The van der Waals surface area contributed by atoms with Crippen LogP contribution in [0.5, 0.6) is 23.0 Å². The smallest absolute Gasteiger partial charge is 0.251 e. The lowest BCUT2D eigenvalue weighted by atomic mass is 10.1. The molecule has 0 radical (unpaired) electrons. The van der Waals surface area contributed by atoms with Gasteiger partial charge in [0.05, 0.1) is 26.1 Å². The number of nitrogens with two attached hydrogens (primary N) is 1. The number of hydrogen-bond acceptors (Lipinski definition) is 6. The van der Waals surface area contributed by atoms with Crippen LogP contribution in [0.15, 0.2) is 48.9 Å². The fraction of sp³-hybridized carbons (Fsp3) is 0.238. The third kappa shape index (κ3) is 6.52. The molecule has 0 spiro atoms. The number of nitrogens with one attached hydrogen (secondary N) is 2. The molecular weight excluding hydrogens is 443 g/mol. The molecule has 0 saturated carbocycles. The lowest BCUT2D eigenvalue weighted by Crippen LogP contribution is -2.25. The fourth-order valence-corrected chi connectivity index (χ4v) is 2.88. The third-order valence-electron chi connectivity index (χ3n) is 4.39. The molecule has 0 fully saturated rings. The van der Waals surface area contributed by atoms with E-state index in [0.717, 1.165) is 11.3 Å². The number of hydrogen-bond donors (Lipinski definition) is 3. The van der Waals surface area contributed by atoms with Crippen molar-refractivity contribution in [2.24, 2.45) is 5.73 Å². The van der Waals surface area contributed by atoms with Crippen LogP contribution in [0.4, 0.5) is 0 Å². The Labute approximate surface area is 193 Å². The van der Waals surface area contributed by atoms with Crippen molar-refractivity contribution < 1.29 is 19.0 Å². The van der Waals surface area contributed by atoms with Crippen molar-refractivity contribution in [3.63, 3.8) is 0 Å². The molecule has 10 heteroatoms. The molecule has 1 aromatic heterocycles. The van der Waals surface area contributed by atoms with Crippen LogP contribution in [0.1, 0.15) is 21.6 Å². The molecule has 168 valence electrons. The number of carbonyl (C=O) groups is 1. The minimum absolute atomic E-state index is 0. The lowest BCUT2D eigenvalue weighted by Gasteiger charge is -2.16. The largest absolute Gasteiger partial charge is 0.496 e. The maximum absolute atomic E-state index is 12.5. The van der Waals surface area contributed by atoms with Gasteiger partial charge in [-0.3, -0.25) is 4.79 Å². The number of aromatic amines is 1. The zero-order chi connectivity index (χ0) is 20.6. The normalized spacial score (nSPS) is 9.77. The monoisotopic (exact) mass is 468 g/mol. The van der Waals surface area contributed by atoms with E-state index < -0.39 is 0 Å². The number of rotatable bonds is 9. The van der Waals surface area contributed by atoms with E-state index in [9.17, 15) is 4.79 Å². The number of benzene rings is 2. The molecule has 3 aromatic rings. The molecule has 0 unspecified atom stereocenters. The van der Waals surface area contributed by atoms with E-state index in [4.69, 9.17) is 19.9 Å². The van der Waals surface area contributed by atoms with Crippen LogP contribution < -0.4 is 25.3 Å². The van der Waals surface area contributed by atoms with Crippen molar-refractivity contribution in [1.82, 2.24) is 15.3 Å². The molecule has 1 heterocycles. The number of ether oxygens (including phenoxy) is 3. The second-order valence-corrected chi connectivity index (χ2v) is 6.19. The maximum Gasteiger partial charge on any atom is 0.251 e. The molecule has 0 saturated heterocycles. The molecule has 1 amide bonds. The van der Waals surface area contributed by atoms with Crippen molar-refractivity contribution in [3.8, 4) is 23.0 Å². The van der Waals surface area contributed by atoms with E-state index >= 15 is 0 Å². The highest BCUT2D eigenvalue weighted by Crippen LogP contribution is 2.36. The molecule has 0 bridgehead atoms. The van der Waals surface area contributed by atoms with Crippen LogP contribution in [0.25, 0.3) is 0 Å². The van der Waals surface area contributed by atoms with Gasteiger partial charge in [0.2, 0.25) is 0 Å². The molecule has 0 aliphatic rings. The standard InChI is InChI=1S/C21H24N4O4.2ClH/c1-27-17-4-3-5-18(16(17)11-22)29-20-10-14(6-7-19(20)28-2)21(26)24-9-8-15-12-23-13-25-15;;/h3-7,10,12-13H,8-9,11,22H2,1-2H3,(H,23,25)(H,24,26);2*1H. The number of imidazole rings is 1. The average molecular weight is 469 g/mol. The Morgan fingerprint density at radius 3 is 2.45 bits per heavy atom. The molecule has 0 atom stereocenters. The van der Waals surface area contributed by atoms with Gasteiger partial charge in [-0.15, -0.1) is 24.8 Å². The van der Waals surface area contributed by atoms with Gasteiger partial charge >= 0.3 is 0 Å². The van der Waals surface area contributed by atoms with E-state index in [0.29, 0.717) is 41.5 Å². The first kappa shape index (κ1) is 26.1. The van der Waals surface area contributed by atoms with E-state index in [1.165, 1.54) is 0 Å². The highest BCUT2D eigenvalue weighted by Gasteiger charge is 2.15. The predicted octanol–water partition coefficient (Wildman–Crippen LogP) is 3.49. The van der Waals surface area contributed by atoms with Gasteiger partial charge in [0.1, 0.15) is 11.5 Å². The second kappa shape index (κ2) is 12.7. The van der Waals surface area contributed by atoms with Crippen LogP contribution in [0, 0.1) is 0 Å². The van der Waals surface area contributed by atoms with E-state index in [1.54, 1.807) is 51.0 Å². The highest BCUT2D eigenvalue weighted by molar-refractivity contribution is 5.94. The first-order valence-corrected chi connectivity index (χ1v) is 9.13. The first-order chi connectivity index (χ1) is 14.2. The number of H-pyrrole nitrogens is 1. The van der Waals surface area contributed by atoms with Gasteiger partial charge in [-0.2, -0.15) is 0 Å². The van der Waals surface area contributed by atoms with E-state index in [-0.39, 0.29) is 37.3 Å². The van der Waals surface area contributed by atoms with Crippen LogP contribution in [-0.4, -0.2) is 36.6 Å². The van der Waals surface area contributed by atoms with Crippen LogP contribution in [0.2, 0.25) is 0 Å². The van der Waals surface area contributed by atoms with Gasteiger partial charge in [-0.25, -0.2) is 4.98 Å². The van der Waals surface area contributed by atoms with Crippen molar-refractivity contribution in [1.29, 1.82) is 0 Å². The second-order valence-electron chi connectivity index (χ2n) is 6.19. The minimum Gasteiger partial charge on any atom is -0.496 e. The number of nitrogens with zero attached hydrogens (tertiary/aromatic N) is 1. The van der Waals surface area contributed by atoms with Crippen molar-refractivity contribution in [3.05, 3.63) is 65.7 Å². The molecule has 0 aliphatic heterocycles. The molecule has 4 N–H and O–H groups in total. The summed E-state index contributed by atoms with van der Waals surface area (Å²) in [6, 6.07) is 10.4. The molecule has 2 aromatic carbocycles. The van der Waals surface area contributed by atoms with Gasteiger partial charge in [-0.05, 0) is 30.3 Å². The SMILES string of the molecule is COc1ccc(C(=O)NCCc2cnc[nH]2)cc1Oc1cccc(OC)c1CN.Cl.Cl. The van der Waals surface area contributed by atoms with Gasteiger partial charge in [-0.1, -0.05) is 6.07 Å². The summed E-state index contributed by atoms with van der Waals surface area (Å²) in [5.41, 5.74) is 8.01. The molecule has 8 nitrogen and oxygen atoms in total. The Hall–Kier alpha value is -2.94. The summed E-state index contributed by atoms with van der Waals surface area (Å²) >= 11 is 0. The summed E-state index contributed by atoms with van der Waals surface area (Å²) in [4.78, 5) is 19.5. The topological polar surface area (TPSA) is 111 Å². The Morgan fingerprint density at radius 2 is 1.81 bits per heavy atom. The summed E-state index contributed by atoms with van der Waals surface area (Å²) in [5.74, 6) is 1.89. The molecular formula is C21H26Cl2N4O4. The predicted molar refractivity (Wildman–Crippen MR) is 123 cm³/mol. The van der Waals surface area contributed by atoms with E-state index in [1.807, 2.05) is 12.1 Å². The Kier molecular flexibility index (Phi) is 10.7. The van der Waals surface area contributed by atoms with E-state index in [2.05, 4.69) is 15.3 Å². The number of halogens is 2. The first-order valence-electron chi connectivity index (χ1n) is 9.13. The Balaban J connectivity index is 0.00000240. The average Bonchev–Trinajstić information content (AvgIpc) is 3.27. The van der Waals surface area contributed by atoms with Crippen molar-refractivity contribution in [2.45, 2.75) is 13.0 Å². The zero-order valence-electron chi connectivity index (χ0n) is 17.2. The maximum atomic E-state index is 12.5. The summed E-state index contributed by atoms with van der Waals surface area (Å²) in [6.45, 7) is 0.728. The van der Waals surface area contributed by atoms with Gasteiger partial charge < -0.3 is 30.2 Å².